The van der Waals surface area contributed by atoms with Crippen LogP contribution in [0.15, 0.2) is 69.3 Å². The van der Waals surface area contributed by atoms with Gasteiger partial charge in [0.1, 0.15) is 11.6 Å². The molecule has 12 heteroatoms. The number of rotatable bonds is 10. The monoisotopic (exact) mass is 520 g/mol. The molecule has 0 fully saturated rings. The molecule has 0 saturated carbocycles. The summed E-state index contributed by atoms with van der Waals surface area (Å²) in [4.78, 5) is 52.2. The summed E-state index contributed by atoms with van der Waals surface area (Å²) < 4.78 is 7.28. The molecule has 0 bridgehead atoms. The minimum absolute atomic E-state index is 0.0471. The smallest absolute Gasteiger partial charge is 0.325 e. The van der Waals surface area contributed by atoms with Gasteiger partial charge in [0.05, 0.1) is 12.4 Å². The molecule has 0 unspecified atom stereocenters. The number of anilines is 1. The van der Waals surface area contributed by atoms with Crippen LogP contribution in [0.3, 0.4) is 0 Å². The maximum atomic E-state index is 12.6. The minimum Gasteiger partial charge on any atom is -0.494 e. The predicted octanol–water partition coefficient (Wildman–Crippen LogP) is 2.57. The van der Waals surface area contributed by atoms with E-state index in [-0.39, 0.29) is 23.9 Å². The van der Waals surface area contributed by atoms with Gasteiger partial charge in [0.2, 0.25) is 5.91 Å². The van der Waals surface area contributed by atoms with Gasteiger partial charge in [-0.2, -0.15) is 0 Å². The van der Waals surface area contributed by atoms with Crippen molar-refractivity contribution in [1.82, 2.24) is 24.7 Å². The maximum absolute atomic E-state index is 12.6. The molecule has 0 spiro atoms. The number of carbonyl (C=O) groups excluding carboxylic acids is 2. The highest BCUT2D eigenvalue weighted by atomic mass is 32.2. The van der Waals surface area contributed by atoms with E-state index in [1.54, 1.807) is 28.8 Å². The van der Waals surface area contributed by atoms with Gasteiger partial charge in [-0.25, -0.2) is 4.79 Å². The Labute approximate surface area is 215 Å². The van der Waals surface area contributed by atoms with Crippen molar-refractivity contribution in [3.8, 4) is 11.4 Å². The molecule has 3 N–H and O–H groups in total. The second-order valence-corrected chi connectivity index (χ2v) is 8.86. The Morgan fingerprint density at radius 1 is 1.03 bits per heavy atom. The number of benzene rings is 2. The molecule has 0 aliphatic rings. The Hall–Kier alpha value is -4.45. The summed E-state index contributed by atoms with van der Waals surface area (Å²) in [5.74, 6) is 0.896. The standard InChI is InChI=1S/C25H24N6O5S/c1-3-36-20-10-8-19(9-11-20)31-21(12-18-13-22(33)28-24(35)27-18)29-30-25(31)37-14-23(34)26-17-6-4-16(5-7-17)15(2)32/h4-11,13H,3,12,14H2,1-2H3,(H,26,34)(H2,27,28,33,35). The Morgan fingerprint density at radius 2 is 1.76 bits per heavy atom. The highest BCUT2D eigenvalue weighted by Gasteiger charge is 2.17. The van der Waals surface area contributed by atoms with E-state index in [0.717, 1.165) is 5.69 Å². The molecule has 0 aliphatic heterocycles. The maximum Gasteiger partial charge on any atom is 0.325 e. The molecule has 1 amide bonds. The van der Waals surface area contributed by atoms with Crippen molar-refractivity contribution in [3.05, 3.63) is 92.5 Å². The number of H-pyrrole nitrogens is 2. The number of ketones is 1. The van der Waals surface area contributed by atoms with Crippen LogP contribution in [0.1, 0.15) is 35.7 Å². The molecule has 2 aromatic carbocycles. The van der Waals surface area contributed by atoms with E-state index in [0.29, 0.717) is 40.3 Å². The van der Waals surface area contributed by atoms with Crippen molar-refractivity contribution in [1.29, 1.82) is 0 Å². The minimum atomic E-state index is -0.614. The van der Waals surface area contributed by atoms with Gasteiger partial charge in [0.15, 0.2) is 10.9 Å². The fourth-order valence-electron chi connectivity index (χ4n) is 3.53. The lowest BCUT2D eigenvalue weighted by Gasteiger charge is -2.11. The molecule has 11 nitrogen and oxygen atoms in total. The summed E-state index contributed by atoms with van der Waals surface area (Å²) in [6.07, 6.45) is 0.134. The quantitative estimate of drug-likeness (QED) is 0.213. The number of aromatic nitrogens is 5. The fraction of sp³-hybridized carbons (Fsp3) is 0.200. The number of amides is 1. The SMILES string of the molecule is CCOc1ccc(-n2c(Cc3cc(=O)[nH]c(=O)[nH]3)nnc2SCC(=O)Nc2ccc(C(C)=O)cc2)cc1. The van der Waals surface area contributed by atoms with Crippen LogP contribution in [-0.2, 0) is 11.2 Å². The molecular weight excluding hydrogens is 496 g/mol. The first-order valence-electron chi connectivity index (χ1n) is 11.4. The van der Waals surface area contributed by atoms with Crippen molar-refractivity contribution in [2.24, 2.45) is 0 Å². The fourth-order valence-corrected chi connectivity index (χ4v) is 4.30. The molecule has 4 aromatic rings. The first kappa shape index (κ1) is 25.6. The van der Waals surface area contributed by atoms with Gasteiger partial charge < -0.3 is 15.0 Å². The van der Waals surface area contributed by atoms with Crippen LogP contribution < -0.4 is 21.3 Å². The molecule has 0 radical (unpaired) electrons. The largest absolute Gasteiger partial charge is 0.494 e. The molecule has 0 aliphatic carbocycles. The summed E-state index contributed by atoms with van der Waals surface area (Å²) in [5, 5.41) is 11.8. The topological polar surface area (TPSA) is 152 Å². The third-order valence-electron chi connectivity index (χ3n) is 5.18. The zero-order valence-electron chi connectivity index (χ0n) is 20.1. The van der Waals surface area contributed by atoms with E-state index < -0.39 is 11.2 Å². The molecular formula is C25H24N6O5S. The van der Waals surface area contributed by atoms with Crippen molar-refractivity contribution < 1.29 is 14.3 Å². The third-order valence-corrected chi connectivity index (χ3v) is 6.11. The number of Topliss-reactive ketones (excluding diaryl/α,β-unsaturated/α-hetero) is 1. The number of hydrogen-bond donors (Lipinski definition) is 3. The van der Waals surface area contributed by atoms with Crippen molar-refractivity contribution in [2.45, 2.75) is 25.4 Å². The lowest BCUT2D eigenvalue weighted by Crippen LogP contribution is -2.23. The normalized spacial score (nSPS) is 10.8. The molecule has 0 saturated heterocycles. The first-order chi connectivity index (χ1) is 17.8. The summed E-state index contributed by atoms with van der Waals surface area (Å²) in [6.45, 7) is 3.90. The molecule has 37 heavy (non-hydrogen) atoms. The lowest BCUT2D eigenvalue weighted by atomic mass is 10.1. The number of nitrogens with zero attached hydrogens (tertiary/aromatic N) is 3. The van der Waals surface area contributed by atoms with E-state index >= 15 is 0 Å². The van der Waals surface area contributed by atoms with E-state index in [9.17, 15) is 19.2 Å². The third kappa shape index (κ3) is 6.61. The average Bonchev–Trinajstić information content (AvgIpc) is 3.25. The second-order valence-electron chi connectivity index (χ2n) is 7.92. The van der Waals surface area contributed by atoms with Gasteiger partial charge in [0.25, 0.3) is 5.56 Å². The van der Waals surface area contributed by atoms with Gasteiger partial charge >= 0.3 is 5.69 Å². The Bertz CT molecular complexity index is 1490. The van der Waals surface area contributed by atoms with Crippen LogP contribution in [0.2, 0.25) is 0 Å². The number of aromatic amines is 2. The zero-order valence-corrected chi connectivity index (χ0v) is 20.9. The van der Waals surface area contributed by atoms with Gasteiger partial charge in [0, 0.05) is 35.1 Å². The predicted molar refractivity (Wildman–Crippen MR) is 139 cm³/mol. The Morgan fingerprint density at radius 3 is 2.41 bits per heavy atom. The van der Waals surface area contributed by atoms with Crippen LogP contribution in [0.4, 0.5) is 5.69 Å². The van der Waals surface area contributed by atoms with Crippen LogP contribution in [0.25, 0.3) is 5.69 Å². The zero-order chi connectivity index (χ0) is 26.4. The van der Waals surface area contributed by atoms with E-state index in [2.05, 4.69) is 25.5 Å². The van der Waals surface area contributed by atoms with Crippen molar-refractivity contribution >= 4 is 29.1 Å². The Balaban J connectivity index is 1.56. The van der Waals surface area contributed by atoms with Crippen LogP contribution in [0.5, 0.6) is 5.75 Å². The van der Waals surface area contributed by atoms with E-state index in [4.69, 9.17) is 4.74 Å². The molecule has 0 atom stereocenters. The second kappa shape index (κ2) is 11.5. The summed E-state index contributed by atoms with van der Waals surface area (Å²) >= 11 is 1.18. The van der Waals surface area contributed by atoms with Gasteiger partial charge in [-0.3, -0.25) is 23.9 Å². The number of nitrogens with one attached hydrogen (secondary N) is 3. The number of hydrogen-bond acceptors (Lipinski definition) is 8. The highest BCUT2D eigenvalue weighted by Crippen LogP contribution is 2.25. The average molecular weight is 521 g/mol. The van der Waals surface area contributed by atoms with Crippen LogP contribution in [0, 0.1) is 0 Å². The Kier molecular flexibility index (Phi) is 7.98. The van der Waals surface area contributed by atoms with Gasteiger partial charge in [-0.1, -0.05) is 11.8 Å². The molecule has 4 rings (SSSR count). The van der Waals surface area contributed by atoms with Crippen LogP contribution >= 0.6 is 11.8 Å². The van der Waals surface area contributed by atoms with Gasteiger partial charge in [-0.05, 0) is 62.4 Å². The highest BCUT2D eigenvalue weighted by molar-refractivity contribution is 7.99. The summed E-state index contributed by atoms with van der Waals surface area (Å²) in [5.41, 5.74) is 1.09. The number of carbonyl (C=O) groups is 2. The summed E-state index contributed by atoms with van der Waals surface area (Å²) in [6, 6.07) is 15.2. The first-order valence-corrected chi connectivity index (χ1v) is 12.3. The molecule has 190 valence electrons. The van der Waals surface area contributed by atoms with Gasteiger partial charge in [-0.15, -0.1) is 10.2 Å². The summed E-state index contributed by atoms with van der Waals surface area (Å²) in [7, 11) is 0. The van der Waals surface area contributed by atoms with Crippen molar-refractivity contribution in [3.63, 3.8) is 0 Å². The number of ether oxygens (including phenoxy) is 1. The van der Waals surface area contributed by atoms with E-state index in [1.165, 1.54) is 24.8 Å². The molecule has 2 heterocycles. The lowest BCUT2D eigenvalue weighted by molar-refractivity contribution is -0.113. The molecule has 2 aromatic heterocycles. The van der Waals surface area contributed by atoms with Crippen molar-refractivity contribution in [2.75, 3.05) is 17.7 Å². The van der Waals surface area contributed by atoms with E-state index in [1.807, 2.05) is 31.2 Å². The van der Waals surface area contributed by atoms with Crippen LogP contribution in [-0.4, -0.2) is 48.8 Å². The number of thioether (sulfide) groups is 1.